The third-order valence-electron chi connectivity index (χ3n) is 4.98. The Labute approximate surface area is 172 Å². The molecule has 25 heavy (non-hydrogen) atoms. The van der Waals surface area contributed by atoms with Gasteiger partial charge in [-0.2, -0.15) is 11.8 Å². The van der Waals surface area contributed by atoms with Gasteiger partial charge in [0.15, 0.2) is 5.96 Å². The molecule has 3 rings (SSSR count). The van der Waals surface area contributed by atoms with Gasteiger partial charge in [0.05, 0.1) is 0 Å². The highest BCUT2D eigenvalue weighted by Gasteiger charge is 2.24. The van der Waals surface area contributed by atoms with Gasteiger partial charge in [0.1, 0.15) is 5.82 Å². The first-order chi connectivity index (χ1) is 11.8. The summed E-state index contributed by atoms with van der Waals surface area (Å²) in [6, 6.07) is 4.83. The van der Waals surface area contributed by atoms with Crippen molar-refractivity contribution in [3.63, 3.8) is 0 Å². The number of aliphatic imine (C=N–C) groups is 1. The predicted molar refractivity (Wildman–Crippen MR) is 119 cm³/mol. The lowest BCUT2D eigenvalue weighted by Gasteiger charge is -2.19. The van der Waals surface area contributed by atoms with Gasteiger partial charge in [-0.15, -0.1) is 24.0 Å². The van der Waals surface area contributed by atoms with Gasteiger partial charge >= 0.3 is 0 Å². The topological polar surface area (TPSA) is 52.6 Å². The molecule has 2 fully saturated rings. The number of pyridine rings is 1. The number of hydrogen-bond acceptors (Lipinski definition) is 4. The second-order valence-electron chi connectivity index (χ2n) is 6.65. The van der Waals surface area contributed by atoms with Gasteiger partial charge in [0.2, 0.25) is 0 Å². The summed E-state index contributed by atoms with van der Waals surface area (Å²) in [5.41, 5.74) is 1.25. The molecule has 0 radical (unpaired) electrons. The third-order valence-corrected chi connectivity index (χ3v) is 6.08. The van der Waals surface area contributed by atoms with Gasteiger partial charge in [0, 0.05) is 44.2 Å². The van der Waals surface area contributed by atoms with Crippen LogP contribution in [0.15, 0.2) is 23.3 Å². The minimum absolute atomic E-state index is 0. The van der Waals surface area contributed by atoms with Crippen molar-refractivity contribution in [2.75, 3.05) is 31.3 Å². The molecule has 0 bridgehead atoms. The lowest BCUT2D eigenvalue weighted by Crippen LogP contribution is -2.42. The van der Waals surface area contributed by atoms with Crippen molar-refractivity contribution in [1.82, 2.24) is 15.6 Å². The summed E-state index contributed by atoms with van der Waals surface area (Å²) in [6.45, 7) is 3.04. The molecule has 1 aliphatic heterocycles. The Hall–Kier alpha value is -0.700. The smallest absolute Gasteiger partial charge is 0.191 e. The molecule has 2 heterocycles. The number of aromatic nitrogens is 1. The molecule has 2 atom stereocenters. The highest BCUT2D eigenvalue weighted by molar-refractivity contribution is 14.0. The van der Waals surface area contributed by atoms with E-state index in [0.29, 0.717) is 6.04 Å². The van der Waals surface area contributed by atoms with Crippen LogP contribution in [0.2, 0.25) is 0 Å². The maximum Gasteiger partial charge on any atom is 0.191 e. The van der Waals surface area contributed by atoms with Gasteiger partial charge in [-0.25, -0.2) is 4.98 Å². The average molecular weight is 475 g/mol. The van der Waals surface area contributed by atoms with E-state index < -0.39 is 0 Å². The Balaban J connectivity index is 0.00000225. The van der Waals surface area contributed by atoms with Crippen molar-refractivity contribution in [1.29, 1.82) is 0 Å². The highest BCUT2D eigenvalue weighted by Crippen LogP contribution is 2.28. The average Bonchev–Trinajstić information content (AvgIpc) is 3.30. The van der Waals surface area contributed by atoms with Crippen LogP contribution in [0.3, 0.4) is 0 Å². The van der Waals surface area contributed by atoms with E-state index in [2.05, 4.69) is 43.9 Å². The number of nitrogens with zero attached hydrogens (tertiary/aromatic N) is 3. The molecule has 1 saturated heterocycles. The first-order valence-electron chi connectivity index (χ1n) is 8.98. The quantitative estimate of drug-likeness (QED) is 0.389. The number of thioether (sulfide) groups is 1. The van der Waals surface area contributed by atoms with Crippen molar-refractivity contribution in [3.05, 3.63) is 23.9 Å². The van der Waals surface area contributed by atoms with Crippen LogP contribution in [0.4, 0.5) is 5.82 Å². The molecule has 1 saturated carbocycles. The van der Waals surface area contributed by atoms with Gasteiger partial charge in [-0.05, 0) is 56.1 Å². The minimum Gasteiger partial charge on any atom is -0.357 e. The van der Waals surface area contributed by atoms with E-state index in [1.54, 1.807) is 0 Å². The standard InChI is InChI=1S/C18H29N5S.HI/c1-19-18(22-15-5-6-16(12-15)24-2)21-13-14-7-8-20-17(11-14)23-9-3-4-10-23;/h7-8,11,15-16H,3-6,9-10,12-13H2,1-2H3,(H2,19,21,22);1H. The summed E-state index contributed by atoms with van der Waals surface area (Å²) in [7, 11) is 1.85. The molecule has 0 aromatic carbocycles. The maximum atomic E-state index is 4.52. The Bertz CT molecular complexity index is 562. The van der Waals surface area contributed by atoms with E-state index in [-0.39, 0.29) is 24.0 Å². The van der Waals surface area contributed by atoms with Gasteiger partial charge in [0.25, 0.3) is 0 Å². The molecular weight excluding hydrogens is 445 g/mol. The molecule has 0 amide bonds. The number of rotatable bonds is 5. The van der Waals surface area contributed by atoms with Gasteiger partial charge < -0.3 is 15.5 Å². The molecular formula is C18H30IN5S. The van der Waals surface area contributed by atoms with Crippen LogP contribution in [0.25, 0.3) is 0 Å². The lowest BCUT2D eigenvalue weighted by molar-refractivity contribution is 0.614. The molecule has 1 aromatic heterocycles. The van der Waals surface area contributed by atoms with E-state index in [0.717, 1.165) is 36.7 Å². The van der Waals surface area contributed by atoms with Crippen molar-refractivity contribution < 1.29 is 0 Å². The number of guanidine groups is 1. The van der Waals surface area contributed by atoms with Crippen LogP contribution in [0, 0.1) is 0 Å². The zero-order chi connectivity index (χ0) is 16.8. The van der Waals surface area contributed by atoms with Crippen LogP contribution in [-0.4, -0.2) is 48.6 Å². The van der Waals surface area contributed by atoms with E-state index >= 15 is 0 Å². The fraction of sp³-hybridized carbons (Fsp3) is 0.667. The van der Waals surface area contributed by atoms with Crippen molar-refractivity contribution in [2.45, 2.75) is 49.9 Å². The number of halogens is 1. The third kappa shape index (κ3) is 5.91. The lowest BCUT2D eigenvalue weighted by atomic mass is 10.2. The molecule has 1 aliphatic carbocycles. The molecule has 2 N–H and O–H groups in total. The molecule has 7 heteroatoms. The van der Waals surface area contributed by atoms with E-state index in [1.165, 1.54) is 37.7 Å². The second-order valence-corrected chi connectivity index (χ2v) is 7.79. The summed E-state index contributed by atoms with van der Waals surface area (Å²) in [6.07, 6.45) is 10.5. The van der Waals surface area contributed by atoms with E-state index in [1.807, 2.05) is 25.0 Å². The Morgan fingerprint density at radius 3 is 2.84 bits per heavy atom. The first kappa shape index (κ1) is 20.6. The molecule has 1 aromatic rings. The summed E-state index contributed by atoms with van der Waals surface area (Å²) in [4.78, 5) is 11.3. The number of anilines is 1. The Kier molecular flexibility index (Phi) is 8.61. The first-order valence-corrected chi connectivity index (χ1v) is 10.3. The molecule has 0 spiro atoms. The summed E-state index contributed by atoms with van der Waals surface area (Å²) in [5, 5.41) is 7.81. The SMILES string of the molecule is CN=C(NCc1ccnc(N2CCCC2)c1)NC1CCC(SC)C1.I. The maximum absolute atomic E-state index is 4.52. The zero-order valence-electron chi connectivity index (χ0n) is 15.2. The zero-order valence-corrected chi connectivity index (χ0v) is 18.3. The van der Waals surface area contributed by atoms with Crippen LogP contribution in [0.1, 0.15) is 37.7 Å². The Morgan fingerprint density at radius 2 is 2.16 bits per heavy atom. The summed E-state index contributed by atoms with van der Waals surface area (Å²) in [5.74, 6) is 2.01. The summed E-state index contributed by atoms with van der Waals surface area (Å²) >= 11 is 1.98. The Morgan fingerprint density at radius 1 is 1.36 bits per heavy atom. The molecule has 5 nitrogen and oxygen atoms in total. The predicted octanol–water partition coefficient (Wildman–Crippen LogP) is 3.25. The van der Waals surface area contributed by atoms with E-state index in [4.69, 9.17) is 0 Å². The van der Waals surface area contributed by atoms with E-state index in [9.17, 15) is 0 Å². The van der Waals surface area contributed by atoms with Crippen molar-refractivity contribution >= 4 is 47.5 Å². The molecule has 2 aliphatic rings. The van der Waals surface area contributed by atoms with Crippen molar-refractivity contribution in [2.24, 2.45) is 4.99 Å². The fourth-order valence-corrected chi connectivity index (χ4v) is 4.35. The fourth-order valence-electron chi connectivity index (χ4n) is 3.55. The normalized spacial score (nSPS) is 23.4. The monoisotopic (exact) mass is 475 g/mol. The van der Waals surface area contributed by atoms with Crippen LogP contribution in [0.5, 0.6) is 0 Å². The second kappa shape index (κ2) is 10.4. The summed E-state index contributed by atoms with van der Waals surface area (Å²) < 4.78 is 0. The molecule has 140 valence electrons. The highest BCUT2D eigenvalue weighted by atomic mass is 127. The number of nitrogens with one attached hydrogen (secondary N) is 2. The van der Waals surface area contributed by atoms with Crippen molar-refractivity contribution in [3.8, 4) is 0 Å². The van der Waals surface area contributed by atoms with Gasteiger partial charge in [-0.1, -0.05) is 0 Å². The van der Waals surface area contributed by atoms with Crippen LogP contribution >= 0.6 is 35.7 Å². The van der Waals surface area contributed by atoms with Crippen LogP contribution < -0.4 is 15.5 Å². The number of hydrogen-bond donors (Lipinski definition) is 2. The van der Waals surface area contributed by atoms with Crippen LogP contribution in [-0.2, 0) is 6.54 Å². The molecule has 2 unspecified atom stereocenters. The van der Waals surface area contributed by atoms with Gasteiger partial charge in [-0.3, -0.25) is 4.99 Å². The minimum atomic E-state index is 0. The largest absolute Gasteiger partial charge is 0.357 e.